The fourth-order valence-electron chi connectivity index (χ4n) is 3.39. The molecule has 0 fully saturated rings. The van der Waals surface area contributed by atoms with Crippen LogP contribution in [-0.2, 0) is 11.2 Å². The number of aryl methyl sites for hydroxylation is 1. The van der Waals surface area contributed by atoms with Crippen LogP contribution in [0.25, 0.3) is 27.7 Å². The van der Waals surface area contributed by atoms with Crippen LogP contribution in [0.3, 0.4) is 0 Å². The summed E-state index contributed by atoms with van der Waals surface area (Å²) >= 11 is 0. The summed E-state index contributed by atoms with van der Waals surface area (Å²) in [7, 11) is 1.68. The SMILES string of the molecule is COc1ccc(-c2cc3cccc4c(CCC(C)=O)cc2n34)cc1. The number of rotatable bonds is 5. The van der Waals surface area contributed by atoms with Crippen molar-refractivity contribution in [2.24, 2.45) is 0 Å². The molecule has 0 bridgehead atoms. The number of hydrogen-bond donors (Lipinski definition) is 0. The first-order valence-corrected chi connectivity index (χ1v) is 8.16. The van der Waals surface area contributed by atoms with Gasteiger partial charge in [-0.15, -0.1) is 0 Å². The number of methoxy groups -OCH3 is 1. The van der Waals surface area contributed by atoms with E-state index in [0.29, 0.717) is 6.42 Å². The Kier molecular flexibility index (Phi) is 3.49. The maximum atomic E-state index is 11.4. The van der Waals surface area contributed by atoms with E-state index in [0.717, 1.165) is 12.2 Å². The third-order valence-electron chi connectivity index (χ3n) is 4.62. The number of ether oxygens (including phenoxy) is 1. The lowest BCUT2D eigenvalue weighted by Crippen LogP contribution is -1.93. The highest BCUT2D eigenvalue weighted by atomic mass is 16.5. The van der Waals surface area contributed by atoms with E-state index in [2.05, 4.69) is 46.9 Å². The molecule has 0 atom stereocenters. The molecule has 0 unspecified atom stereocenters. The maximum absolute atomic E-state index is 11.4. The summed E-state index contributed by atoms with van der Waals surface area (Å²) in [4.78, 5) is 11.4. The molecule has 3 nitrogen and oxygen atoms in total. The zero-order valence-electron chi connectivity index (χ0n) is 13.9. The van der Waals surface area contributed by atoms with Crippen molar-refractivity contribution in [3.05, 3.63) is 60.2 Å². The predicted molar refractivity (Wildman–Crippen MR) is 97.1 cm³/mol. The van der Waals surface area contributed by atoms with E-state index in [4.69, 9.17) is 4.74 Å². The molecule has 0 saturated heterocycles. The second-order valence-corrected chi connectivity index (χ2v) is 6.21. The Morgan fingerprint density at radius 3 is 2.54 bits per heavy atom. The number of aromatic nitrogens is 1. The summed E-state index contributed by atoms with van der Waals surface area (Å²) in [6.07, 6.45) is 1.38. The predicted octanol–water partition coefficient (Wildman–Crippen LogP) is 4.73. The molecule has 1 aromatic carbocycles. The van der Waals surface area contributed by atoms with Gasteiger partial charge < -0.3 is 13.9 Å². The van der Waals surface area contributed by atoms with Crippen molar-refractivity contribution in [3.63, 3.8) is 0 Å². The van der Waals surface area contributed by atoms with Crippen LogP contribution >= 0.6 is 0 Å². The van der Waals surface area contributed by atoms with Crippen LogP contribution in [0.1, 0.15) is 18.9 Å². The molecular formula is C21H19NO2. The van der Waals surface area contributed by atoms with Gasteiger partial charge in [0.25, 0.3) is 0 Å². The fourth-order valence-corrected chi connectivity index (χ4v) is 3.39. The van der Waals surface area contributed by atoms with E-state index < -0.39 is 0 Å². The number of nitrogens with zero attached hydrogens (tertiary/aromatic N) is 1. The second kappa shape index (κ2) is 5.68. The van der Waals surface area contributed by atoms with Crippen LogP contribution in [0.2, 0.25) is 0 Å². The van der Waals surface area contributed by atoms with Crippen molar-refractivity contribution in [1.82, 2.24) is 4.40 Å². The van der Waals surface area contributed by atoms with Gasteiger partial charge >= 0.3 is 0 Å². The summed E-state index contributed by atoms with van der Waals surface area (Å²) in [6.45, 7) is 1.65. The fraction of sp³-hybridized carbons (Fsp3) is 0.190. The van der Waals surface area contributed by atoms with Crippen LogP contribution in [0.15, 0.2) is 54.6 Å². The number of pyridine rings is 1. The van der Waals surface area contributed by atoms with Crippen molar-refractivity contribution >= 4 is 22.3 Å². The number of benzene rings is 1. The first-order valence-electron chi connectivity index (χ1n) is 8.16. The van der Waals surface area contributed by atoms with Gasteiger partial charge in [0.1, 0.15) is 11.5 Å². The Morgan fingerprint density at radius 2 is 1.83 bits per heavy atom. The minimum absolute atomic E-state index is 0.232. The Labute approximate surface area is 140 Å². The zero-order valence-corrected chi connectivity index (χ0v) is 13.9. The van der Waals surface area contributed by atoms with Crippen LogP contribution < -0.4 is 4.74 Å². The average molecular weight is 317 g/mol. The van der Waals surface area contributed by atoms with Gasteiger partial charge in [0.15, 0.2) is 0 Å². The number of hydrogen-bond acceptors (Lipinski definition) is 2. The summed E-state index contributed by atoms with van der Waals surface area (Å²) < 4.78 is 7.54. The summed E-state index contributed by atoms with van der Waals surface area (Å²) in [5.41, 5.74) is 7.20. The third kappa shape index (κ3) is 2.33. The molecule has 4 aromatic rings. The molecule has 0 saturated carbocycles. The van der Waals surface area contributed by atoms with Crippen LogP contribution in [-0.4, -0.2) is 17.3 Å². The molecule has 4 rings (SSSR count). The summed E-state index contributed by atoms with van der Waals surface area (Å²) in [5, 5.41) is 0. The standard InChI is InChI=1S/C21H19NO2/c1-14(23)6-7-16-12-21-19(15-8-10-18(24-2)11-9-15)13-17-4-3-5-20(16)22(17)21/h3-5,8-13H,6-7H2,1-2H3. The minimum Gasteiger partial charge on any atom is -0.497 e. The molecular weight excluding hydrogens is 298 g/mol. The quantitative estimate of drug-likeness (QED) is 0.533. The van der Waals surface area contributed by atoms with Crippen molar-refractivity contribution in [1.29, 1.82) is 0 Å². The van der Waals surface area contributed by atoms with Gasteiger partial charge in [-0.3, -0.25) is 0 Å². The Hall–Kier alpha value is -2.81. The number of carbonyl (C=O) groups is 1. The third-order valence-corrected chi connectivity index (χ3v) is 4.62. The van der Waals surface area contributed by atoms with Crippen LogP contribution in [0.5, 0.6) is 5.75 Å². The minimum atomic E-state index is 0.232. The van der Waals surface area contributed by atoms with Crippen LogP contribution in [0.4, 0.5) is 0 Å². The Balaban J connectivity index is 1.87. The first kappa shape index (κ1) is 14.8. The Morgan fingerprint density at radius 1 is 1.04 bits per heavy atom. The number of Topliss-reactive ketones (excluding diaryl/α,β-unsaturated/α-hetero) is 1. The summed E-state index contributed by atoms with van der Waals surface area (Å²) in [6, 6.07) is 18.9. The molecule has 3 heteroatoms. The highest BCUT2D eigenvalue weighted by Crippen LogP contribution is 2.35. The van der Waals surface area contributed by atoms with Gasteiger partial charge in [-0.1, -0.05) is 18.2 Å². The molecule has 0 aliphatic carbocycles. The normalized spacial score (nSPS) is 11.4. The van der Waals surface area contributed by atoms with Crippen molar-refractivity contribution in [3.8, 4) is 16.9 Å². The molecule has 120 valence electrons. The molecule has 0 aliphatic rings. The van der Waals surface area contributed by atoms with Gasteiger partial charge in [0, 0.05) is 23.0 Å². The van der Waals surface area contributed by atoms with Gasteiger partial charge in [0.05, 0.1) is 12.6 Å². The first-order chi connectivity index (χ1) is 11.7. The summed E-state index contributed by atoms with van der Waals surface area (Å²) in [5.74, 6) is 1.09. The molecule has 0 spiro atoms. The Bertz CT molecular complexity index is 1010. The molecule has 3 heterocycles. The maximum Gasteiger partial charge on any atom is 0.130 e. The monoisotopic (exact) mass is 317 g/mol. The lowest BCUT2D eigenvalue weighted by molar-refractivity contribution is -0.116. The van der Waals surface area contributed by atoms with E-state index in [9.17, 15) is 4.79 Å². The topological polar surface area (TPSA) is 30.7 Å². The lowest BCUT2D eigenvalue weighted by atomic mass is 10.0. The van der Waals surface area contributed by atoms with Gasteiger partial charge in [-0.05, 0) is 60.9 Å². The molecule has 0 aliphatic heterocycles. The van der Waals surface area contributed by atoms with Crippen LogP contribution in [0, 0.1) is 0 Å². The number of ketones is 1. The molecule has 3 aromatic heterocycles. The average Bonchev–Trinajstić information content (AvgIpc) is 3.15. The zero-order chi connectivity index (χ0) is 16.7. The van der Waals surface area contributed by atoms with E-state index in [1.165, 1.54) is 33.2 Å². The largest absolute Gasteiger partial charge is 0.497 e. The van der Waals surface area contributed by atoms with Crippen molar-refractivity contribution < 1.29 is 9.53 Å². The molecule has 0 radical (unpaired) electrons. The second-order valence-electron chi connectivity index (χ2n) is 6.21. The van der Waals surface area contributed by atoms with Gasteiger partial charge in [-0.2, -0.15) is 0 Å². The van der Waals surface area contributed by atoms with Gasteiger partial charge in [-0.25, -0.2) is 0 Å². The molecule has 0 amide bonds. The molecule has 0 N–H and O–H groups in total. The smallest absolute Gasteiger partial charge is 0.130 e. The van der Waals surface area contributed by atoms with E-state index in [-0.39, 0.29) is 5.78 Å². The van der Waals surface area contributed by atoms with Crippen molar-refractivity contribution in [2.75, 3.05) is 7.11 Å². The van der Waals surface area contributed by atoms with E-state index in [1.54, 1.807) is 14.0 Å². The van der Waals surface area contributed by atoms with E-state index >= 15 is 0 Å². The molecule has 24 heavy (non-hydrogen) atoms. The number of carbonyl (C=O) groups excluding carboxylic acids is 1. The highest BCUT2D eigenvalue weighted by Gasteiger charge is 2.15. The van der Waals surface area contributed by atoms with Crippen molar-refractivity contribution in [2.45, 2.75) is 19.8 Å². The highest BCUT2D eigenvalue weighted by molar-refractivity contribution is 5.92. The van der Waals surface area contributed by atoms with E-state index in [1.807, 2.05) is 12.1 Å². The van der Waals surface area contributed by atoms with Gasteiger partial charge in [0.2, 0.25) is 0 Å². The lowest BCUT2D eigenvalue weighted by Gasteiger charge is -2.02.